The Bertz CT molecular complexity index is 484. The van der Waals surface area contributed by atoms with E-state index in [1.165, 1.54) is 0 Å². The third kappa shape index (κ3) is 2.41. The molecule has 94 valence electrons. The molecule has 1 aromatic heterocycles. The van der Waals surface area contributed by atoms with Gasteiger partial charge in [0, 0.05) is 6.61 Å². The zero-order valence-electron chi connectivity index (χ0n) is 10.2. The summed E-state index contributed by atoms with van der Waals surface area (Å²) in [5.41, 5.74) is 0.987. The minimum absolute atomic E-state index is 0.231. The van der Waals surface area contributed by atoms with Crippen LogP contribution in [0.2, 0.25) is 0 Å². The van der Waals surface area contributed by atoms with Crippen LogP contribution in [0.1, 0.15) is 12.8 Å². The maximum atomic E-state index is 5.86. The lowest BCUT2D eigenvalue weighted by atomic mass is 10.1. The Kier molecular flexibility index (Phi) is 3.33. The van der Waals surface area contributed by atoms with E-state index in [0.29, 0.717) is 6.61 Å². The minimum Gasteiger partial charge on any atom is -0.490 e. The molecule has 18 heavy (non-hydrogen) atoms. The highest BCUT2D eigenvalue weighted by Gasteiger charge is 2.17. The van der Waals surface area contributed by atoms with Crippen molar-refractivity contribution in [1.82, 2.24) is 0 Å². The molecule has 0 bridgehead atoms. The van der Waals surface area contributed by atoms with E-state index in [9.17, 15) is 0 Å². The molecule has 0 amide bonds. The van der Waals surface area contributed by atoms with Gasteiger partial charge in [0.05, 0.1) is 17.9 Å². The zero-order chi connectivity index (χ0) is 12.2. The Hall–Kier alpha value is -1.74. The van der Waals surface area contributed by atoms with Crippen LogP contribution >= 0.6 is 0 Å². The van der Waals surface area contributed by atoms with Crippen LogP contribution in [-0.2, 0) is 4.74 Å². The second kappa shape index (κ2) is 5.27. The molecule has 1 aliphatic rings. The standard InChI is InChI=1S/C15H16O3/c1-2-7-15(18-11-12-5-3-9-16-12)13(6-1)14-8-4-10-17-14/h1-2,4,6-8,10,12H,3,5,9,11H2. The van der Waals surface area contributed by atoms with Crippen molar-refractivity contribution in [3.8, 4) is 17.1 Å². The van der Waals surface area contributed by atoms with Crippen LogP contribution in [-0.4, -0.2) is 19.3 Å². The molecule has 3 nitrogen and oxygen atoms in total. The van der Waals surface area contributed by atoms with Crippen molar-refractivity contribution in [2.45, 2.75) is 18.9 Å². The largest absolute Gasteiger partial charge is 0.490 e. The van der Waals surface area contributed by atoms with E-state index < -0.39 is 0 Å². The quantitative estimate of drug-likeness (QED) is 0.824. The third-order valence-electron chi connectivity index (χ3n) is 3.12. The van der Waals surface area contributed by atoms with Crippen molar-refractivity contribution < 1.29 is 13.9 Å². The van der Waals surface area contributed by atoms with Gasteiger partial charge in [0.15, 0.2) is 0 Å². The molecule has 1 atom stereocenters. The molecule has 1 aliphatic heterocycles. The number of hydrogen-bond acceptors (Lipinski definition) is 3. The number of hydrogen-bond donors (Lipinski definition) is 0. The Morgan fingerprint density at radius 2 is 2.11 bits per heavy atom. The lowest BCUT2D eigenvalue weighted by Crippen LogP contribution is -2.16. The maximum Gasteiger partial charge on any atom is 0.137 e. The van der Waals surface area contributed by atoms with Gasteiger partial charge in [-0.15, -0.1) is 0 Å². The van der Waals surface area contributed by atoms with E-state index in [4.69, 9.17) is 13.9 Å². The Morgan fingerprint density at radius 1 is 1.17 bits per heavy atom. The third-order valence-corrected chi connectivity index (χ3v) is 3.12. The number of para-hydroxylation sites is 1. The average molecular weight is 244 g/mol. The van der Waals surface area contributed by atoms with Gasteiger partial charge >= 0.3 is 0 Å². The smallest absolute Gasteiger partial charge is 0.137 e. The van der Waals surface area contributed by atoms with Gasteiger partial charge in [0.2, 0.25) is 0 Å². The van der Waals surface area contributed by atoms with Gasteiger partial charge in [-0.2, -0.15) is 0 Å². The van der Waals surface area contributed by atoms with E-state index in [-0.39, 0.29) is 6.10 Å². The maximum absolute atomic E-state index is 5.86. The number of furan rings is 1. The van der Waals surface area contributed by atoms with Gasteiger partial charge in [-0.3, -0.25) is 0 Å². The Labute approximate surface area is 106 Å². The molecule has 1 saturated heterocycles. The molecular formula is C15H16O3. The van der Waals surface area contributed by atoms with Gasteiger partial charge in [0.25, 0.3) is 0 Å². The average Bonchev–Trinajstić information content (AvgIpc) is 3.10. The molecule has 2 heterocycles. The van der Waals surface area contributed by atoms with Crippen LogP contribution < -0.4 is 4.74 Å². The SMILES string of the molecule is c1coc(-c2ccccc2OCC2CCCO2)c1. The molecule has 3 rings (SSSR count). The van der Waals surface area contributed by atoms with Crippen molar-refractivity contribution in [3.63, 3.8) is 0 Å². The van der Waals surface area contributed by atoms with E-state index >= 15 is 0 Å². The summed E-state index contributed by atoms with van der Waals surface area (Å²) in [5.74, 6) is 1.68. The highest BCUT2D eigenvalue weighted by molar-refractivity contribution is 5.65. The summed E-state index contributed by atoms with van der Waals surface area (Å²) in [6, 6.07) is 11.7. The molecule has 0 N–H and O–H groups in total. The summed E-state index contributed by atoms with van der Waals surface area (Å²) in [6.45, 7) is 1.46. The molecular weight excluding hydrogens is 228 g/mol. The molecule has 0 radical (unpaired) electrons. The van der Waals surface area contributed by atoms with Gasteiger partial charge < -0.3 is 13.9 Å². The lowest BCUT2D eigenvalue weighted by molar-refractivity contribution is 0.0681. The number of ether oxygens (including phenoxy) is 2. The molecule has 2 aromatic rings. The normalized spacial score (nSPS) is 19.0. The van der Waals surface area contributed by atoms with Crippen LogP contribution in [0.25, 0.3) is 11.3 Å². The van der Waals surface area contributed by atoms with Crippen molar-refractivity contribution in [3.05, 3.63) is 42.7 Å². The molecule has 1 unspecified atom stereocenters. The van der Waals surface area contributed by atoms with Crippen LogP contribution in [0.4, 0.5) is 0 Å². The molecule has 0 saturated carbocycles. The molecule has 1 aromatic carbocycles. The van der Waals surface area contributed by atoms with E-state index in [1.54, 1.807) is 6.26 Å². The van der Waals surface area contributed by atoms with Crippen LogP contribution in [0.5, 0.6) is 5.75 Å². The lowest BCUT2D eigenvalue weighted by Gasteiger charge is -2.13. The molecule has 1 fully saturated rings. The summed E-state index contributed by atoms with van der Waals surface area (Å²) < 4.78 is 16.8. The molecule has 0 spiro atoms. The van der Waals surface area contributed by atoms with Gasteiger partial charge in [-0.05, 0) is 37.1 Å². The van der Waals surface area contributed by atoms with Crippen LogP contribution in [0, 0.1) is 0 Å². The Morgan fingerprint density at radius 3 is 2.89 bits per heavy atom. The van der Waals surface area contributed by atoms with E-state index in [2.05, 4.69) is 0 Å². The van der Waals surface area contributed by atoms with Crippen molar-refractivity contribution in [2.24, 2.45) is 0 Å². The minimum atomic E-state index is 0.231. The van der Waals surface area contributed by atoms with Crippen molar-refractivity contribution in [1.29, 1.82) is 0 Å². The molecule has 3 heteroatoms. The number of rotatable bonds is 4. The highest BCUT2D eigenvalue weighted by Crippen LogP contribution is 2.30. The zero-order valence-corrected chi connectivity index (χ0v) is 10.2. The predicted molar refractivity (Wildman–Crippen MR) is 68.6 cm³/mol. The molecule has 0 aliphatic carbocycles. The summed E-state index contributed by atoms with van der Waals surface area (Å²) in [4.78, 5) is 0. The first-order chi connectivity index (χ1) is 8.93. The first-order valence-electron chi connectivity index (χ1n) is 6.31. The Balaban J connectivity index is 1.75. The predicted octanol–water partition coefficient (Wildman–Crippen LogP) is 3.50. The first kappa shape index (κ1) is 11.4. The van der Waals surface area contributed by atoms with Gasteiger partial charge in [-0.25, -0.2) is 0 Å². The van der Waals surface area contributed by atoms with Crippen molar-refractivity contribution in [2.75, 3.05) is 13.2 Å². The topological polar surface area (TPSA) is 31.6 Å². The summed E-state index contributed by atoms with van der Waals surface area (Å²) >= 11 is 0. The van der Waals surface area contributed by atoms with Gasteiger partial charge in [-0.1, -0.05) is 12.1 Å². The van der Waals surface area contributed by atoms with Crippen molar-refractivity contribution >= 4 is 0 Å². The van der Waals surface area contributed by atoms with E-state index in [1.807, 2.05) is 36.4 Å². The summed E-state index contributed by atoms with van der Waals surface area (Å²) in [6.07, 6.45) is 4.12. The second-order valence-corrected chi connectivity index (χ2v) is 4.42. The summed E-state index contributed by atoms with van der Waals surface area (Å²) in [7, 11) is 0. The fourth-order valence-corrected chi connectivity index (χ4v) is 2.19. The van der Waals surface area contributed by atoms with Gasteiger partial charge in [0.1, 0.15) is 18.1 Å². The monoisotopic (exact) mass is 244 g/mol. The summed E-state index contributed by atoms with van der Waals surface area (Å²) in [5, 5.41) is 0. The van der Waals surface area contributed by atoms with E-state index in [0.717, 1.165) is 36.5 Å². The van der Waals surface area contributed by atoms with Crippen LogP contribution in [0.15, 0.2) is 47.1 Å². The number of benzene rings is 1. The second-order valence-electron chi connectivity index (χ2n) is 4.42. The fourth-order valence-electron chi connectivity index (χ4n) is 2.19. The highest BCUT2D eigenvalue weighted by atomic mass is 16.5. The van der Waals surface area contributed by atoms with Crippen LogP contribution in [0.3, 0.4) is 0 Å². The fraction of sp³-hybridized carbons (Fsp3) is 0.333. The first-order valence-corrected chi connectivity index (χ1v) is 6.31.